The lowest BCUT2D eigenvalue weighted by Gasteiger charge is -2.15. The Morgan fingerprint density at radius 1 is 1.22 bits per heavy atom. The van der Waals surface area contributed by atoms with Crippen LogP contribution in [0.1, 0.15) is 50.6 Å². The SMILES string of the molecule is COCCOC(=O)c1c(C)[nH]c(C(=O)NC(C)c2ccc(F)cc2F)c1C. The highest BCUT2D eigenvalue weighted by Crippen LogP contribution is 2.22. The number of nitrogens with one attached hydrogen (secondary N) is 2. The summed E-state index contributed by atoms with van der Waals surface area (Å²) in [6.07, 6.45) is 0. The summed E-state index contributed by atoms with van der Waals surface area (Å²) in [4.78, 5) is 27.6. The van der Waals surface area contributed by atoms with Crippen molar-refractivity contribution in [3.8, 4) is 0 Å². The first-order chi connectivity index (χ1) is 12.8. The van der Waals surface area contributed by atoms with E-state index in [9.17, 15) is 18.4 Å². The summed E-state index contributed by atoms with van der Waals surface area (Å²) >= 11 is 0. The summed E-state index contributed by atoms with van der Waals surface area (Å²) in [6, 6.07) is 2.47. The summed E-state index contributed by atoms with van der Waals surface area (Å²) in [6.45, 7) is 5.22. The van der Waals surface area contributed by atoms with Gasteiger partial charge in [0.05, 0.1) is 18.2 Å². The number of rotatable bonds is 7. The van der Waals surface area contributed by atoms with E-state index in [0.29, 0.717) is 11.3 Å². The third kappa shape index (κ3) is 4.71. The van der Waals surface area contributed by atoms with Gasteiger partial charge in [-0.3, -0.25) is 4.79 Å². The van der Waals surface area contributed by atoms with Crippen LogP contribution < -0.4 is 5.32 Å². The first-order valence-electron chi connectivity index (χ1n) is 8.37. The lowest BCUT2D eigenvalue weighted by atomic mass is 10.1. The number of hydrogen-bond acceptors (Lipinski definition) is 4. The molecule has 1 heterocycles. The van der Waals surface area contributed by atoms with Crippen LogP contribution in [0.2, 0.25) is 0 Å². The van der Waals surface area contributed by atoms with E-state index in [1.54, 1.807) is 20.8 Å². The average Bonchev–Trinajstić information content (AvgIpc) is 2.89. The second-order valence-electron chi connectivity index (χ2n) is 6.11. The number of ether oxygens (including phenoxy) is 2. The predicted molar refractivity (Wildman–Crippen MR) is 94.7 cm³/mol. The van der Waals surface area contributed by atoms with Crippen molar-refractivity contribution in [1.29, 1.82) is 0 Å². The second-order valence-corrected chi connectivity index (χ2v) is 6.11. The van der Waals surface area contributed by atoms with Gasteiger partial charge in [0.15, 0.2) is 0 Å². The summed E-state index contributed by atoms with van der Waals surface area (Å²) in [7, 11) is 1.49. The maximum absolute atomic E-state index is 13.9. The molecule has 1 unspecified atom stereocenters. The number of aromatic nitrogens is 1. The van der Waals surface area contributed by atoms with Crippen molar-refractivity contribution in [2.45, 2.75) is 26.8 Å². The standard InChI is InChI=1S/C19H22F2N2O4/c1-10-16(19(25)27-8-7-26-4)12(3)22-17(10)18(24)23-11(2)14-6-5-13(20)9-15(14)21/h5-6,9,11,22H,7-8H2,1-4H3,(H,23,24). The number of halogens is 2. The van der Waals surface area contributed by atoms with Gasteiger partial charge in [-0.1, -0.05) is 6.07 Å². The van der Waals surface area contributed by atoms with E-state index in [0.717, 1.165) is 12.1 Å². The van der Waals surface area contributed by atoms with Crippen LogP contribution >= 0.6 is 0 Å². The summed E-state index contributed by atoms with van der Waals surface area (Å²) in [5.74, 6) is -2.51. The molecule has 2 N–H and O–H groups in total. The number of amides is 1. The second kappa shape index (κ2) is 8.77. The van der Waals surface area contributed by atoms with Crippen molar-refractivity contribution in [1.82, 2.24) is 10.3 Å². The summed E-state index contributed by atoms with van der Waals surface area (Å²) in [5, 5.41) is 2.64. The van der Waals surface area contributed by atoms with Gasteiger partial charge in [-0.25, -0.2) is 13.6 Å². The van der Waals surface area contributed by atoms with Crippen LogP contribution in [0.5, 0.6) is 0 Å². The van der Waals surface area contributed by atoms with Gasteiger partial charge in [0, 0.05) is 24.4 Å². The smallest absolute Gasteiger partial charge is 0.340 e. The van der Waals surface area contributed by atoms with Gasteiger partial charge in [-0.05, 0) is 32.4 Å². The van der Waals surface area contributed by atoms with Gasteiger partial charge in [-0.2, -0.15) is 0 Å². The molecule has 2 rings (SSSR count). The van der Waals surface area contributed by atoms with Gasteiger partial charge in [0.2, 0.25) is 0 Å². The number of carbonyl (C=O) groups excluding carboxylic acids is 2. The Balaban J connectivity index is 2.17. The fourth-order valence-electron chi connectivity index (χ4n) is 2.77. The molecule has 0 radical (unpaired) electrons. The van der Waals surface area contributed by atoms with Gasteiger partial charge in [-0.15, -0.1) is 0 Å². The van der Waals surface area contributed by atoms with Crippen LogP contribution in [-0.2, 0) is 9.47 Å². The van der Waals surface area contributed by atoms with Crippen LogP contribution in [0.15, 0.2) is 18.2 Å². The Morgan fingerprint density at radius 3 is 2.56 bits per heavy atom. The fourth-order valence-corrected chi connectivity index (χ4v) is 2.77. The zero-order valence-electron chi connectivity index (χ0n) is 15.6. The number of carbonyl (C=O) groups is 2. The lowest BCUT2D eigenvalue weighted by Crippen LogP contribution is -2.28. The van der Waals surface area contributed by atoms with Gasteiger partial charge >= 0.3 is 5.97 Å². The zero-order valence-corrected chi connectivity index (χ0v) is 15.6. The molecule has 6 nitrogen and oxygen atoms in total. The Hall–Kier alpha value is -2.74. The number of esters is 1. The first-order valence-corrected chi connectivity index (χ1v) is 8.37. The van der Waals surface area contributed by atoms with Crippen molar-refractivity contribution in [3.63, 3.8) is 0 Å². The summed E-state index contributed by atoms with van der Waals surface area (Å²) < 4.78 is 36.9. The minimum absolute atomic E-state index is 0.0990. The molecule has 0 aliphatic carbocycles. The molecule has 1 aromatic heterocycles. The van der Waals surface area contributed by atoms with E-state index < -0.39 is 29.6 Å². The molecule has 0 fully saturated rings. The van der Waals surface area contributed by atoms with E-state index in [1.807, 2.05) is 0 Å². The first kappa shape index (κ1) is 20.6. The molecule has 0 aliphatic rings. The van der Waals surface area contributed by atoms with Crippen LogP contribution in [-0.4, -0.2) is 37.2 Å². The molecule has 0 spiro atoms. The van der Waals surface area contributed by atoms with Crippen molar-refractivity contribution in [2.75, 3.05) is 20.3 Å². The predicted octanol–water partition coefficient (Wildman–Crippen LogP) is 3.20. The van der Waals surface area contributed by atoms with Crippen LogP contribution in [0.3, 0.4) is 0 Å². The number of aryl methyl sites for hydroxylation is 1. The maximum atomic E-state index is 13.9. The highest BCUT2D eigenvalue weighted by Gasteiger charge is 2.24. The topological polar surface area (TPSA) is 80.4 Å². The molecule has 1 aromatic carbocycles. The molecule has 0 saturated carbocycles. The zero-order chi connectivity index (χ0) is 20.1. The van der Waals surface area contributed by atoms with Crippen LogP contribution in [0, 0.1) is 25.5 Å². The number of methoxy groups -OCH3 is 1. The number of aromatic amines is 1. The Bertz CT molecular complexity index is 848. The molecule has 0 bridgehead atoms. The van der Waals surface area contributed by atoms with E-state index in [2.05, 4.69) is 10.3 Å². The average molecular weight is 380 g/mol. The molecule has 8 heteroatoms. The number of hydrogen-bond donors (Lipinski definition) is 2. The number of benzene rings is 1. The Morgan fingerprint density at radius 2 is 1.93 bits per heavy atom. The van der Waals surface area contributed by atoms with Crippen molar-refractivity contribution >= 4 is 11.9 Å². The van der Waals surface area contributed by atoms with E-state index >= 15 is 0 Å². The van der Waals surface area contributed by atoms with E-state index in [4.69, 9.17) is 9.47 Å². The third-order valence-electron chi connectivity index (χ3n) is 4.17. The molecule has 1 atom stereocenters. The van der Waals surface area contributed by atoms with E-state index in [-0.39, 0.29) is 30.0 Å². The maximum Gasteiger partial charge on any atom is 0.340 e. The van der Waals surface area contributed by atoms with Crippen molar-refractivity contribution in [3.05, 3.63) is 57.9 Å². The Kier molecular flexibility index (Phi) is 6.68. The van der Waals surface area contributed by atoms with Gasteiger partial charge in [0.1, 0.15) is 23.9 Å². The van der Waals surface area contributed by atoms with Gasteiger partial charge < -0.3 is 19.8 Å². The molecular formula is C19H22F2N2O4. The molecule has 0 aliphatic heterocycles. The molecular weight excluding hydrogens is 358 g/mol. The van der Waals surface area contributed by atoms with Gasteiger partial charge in [0.25, 0.3) is 5.91 Å². The lowest BCUT2D eigenvalue weighted by molar-refractivity contribution is 0.0387. The molecule has 146 valence electrons. The molecule has 2 aromatic rings. The highest BCUT2D eigenvalue weighted by molar-refractivity contribution is 6.00. The van der Waals surface area contributed by atoms with Crippen LogP contribution in [0.4, 0.5) is 8.78 Å². The molecule has 27 heavy (non-hydrogen) atoms. The van der Waals surface area contributed by atoms with Crippen molar-refractivity contribution < 1.29 is 27.8 Å². The van der Waals surface area contributed by atoms with E-state index in [1.165, 1.54) is 13.2 Å². The largest absolute Gasteiger partial charge is 0.460 e. The minimum atomic E-state index is -0.746. The minimum Gasteiger partial charge on any atom is -0.460 e. The third-order valence-corrected chi connectivity index (χ3v) is 4.17. The molecule has 1 amide bonds. The normalized spacial score (nSPS) is 11.9. The summed E-state index contributed by atoms with van der Waals surface area (Å²) in [5.41, 5.74) is 1.53. The molecule has 0 saturated heterocycles. The van der Waals surface area contributed by atoms with Crippen molar-refractivity contribution in [2.24, 2.45) is 0 Å². The fraction of sp³-hybridized carbons (Fsp3) is 0.368. The quantitative estimate of drug-likeness (QED) is 0.571. The highest BCUT2D eigenvalue weighted by atomic mass is 19.1. The van der Waals surface area contributed by atoms with Crippen LogP contribution in [0.25, 0.3) is 0 Å². The number of H-pyrrole nitrogens is 1. The monoisotopic (exact) mass is 380 g/mol. The Labute approximate surface area is 155 Å².